The maximum absolute atomic E-state index is 14.2. The largest absolute Gasteiger partial charge is 0.465 e. The normalized spacial score (nSPS) is 23.5. The third-order valence-corrected chi connectivity index (χ3v) is 1.08. The van der Waals surface area contributed by atoms with Crippen LogP contribution in [0.1, 0.15) is 28.3 Å². The molecular formula is C7H14FNO3. The van der Waals surface area contributed by atoms with Crippen molar-refractivity contribution >= 4 is 6.09 Å². The van der Waals surface area contributed by atoms with E-state index in [1.54, 1.807) is 5.32 Å². The number of halogens is 1. The molecule has 1 atom stereocenters. The van der Waals surface area contributed by atoms with E-state index in [0.717, 1.165) is 0 Å². The summed E-state index contributed by atoms with van der Waals surface area (Å²) in [6.07, 6.45) is -2.80. The molecule has 0 unspecified atom stereocenters. The number of amides is 1. The summed E-state index contributed by atoms with van der Waals surface area (Å²) in [5, 5.41) is 18.9. The Kier molecular flexibility index (Phi) is 1.56. The van der Waals surface area contributed by atoms with Gasteiger partial charge < -0.3 is 15.5 Å². The van der Waals surface area contributed by atoms with E-state index in [0.29, 0.717) is 0 Å². The highest BCUT2D eigenvalue weighted by atomic mass is 19.1. The minimum Gasteiger partial charge on any atom is -0.465 e. The molecule has 0 heterocycles. The molecule has 0 aromatic carbocycles. The minimum atomic E-state index is -3.60. The fourth-order valence-corrected chi connectivity index (χ4v) is 0.675. The van der Waals surface area contributed by atoms with Gasteiger partial charge in [-0.3, -0.25) is 0 Å². The Morgan fingerprint density at radius 2 is 2.42 bits per heavy atom. The summed E-state index contributed by atoms with van der Waals surface area (Å²) < 4.78 is 55.8. The SMILES string of the molecule is [2H]C([2H])([2H])C(F)(C[C@@H](CO)NC(=O)O)C([2H])([2H])[2H]. The fraction of sp³-hybridized carbons (Fsp3) is 0.857. The lowest BCUT2D eigenvalue weighted by Crippen LogP contribution is -2.40. The average molecular weight is 185 g/mol. The van der Waals surface area contributed by atoms with Gasteiger partial charge in [-0.25, -0.2) is 9.18 Å². The molecule has 0 aliphatic carbocycles. The molecule has 0 saturated carbocycles. The van der Waals surface area contributed by atoms with Crippen LogP contribution in [0.4, 0.5) is 9.18 Å². The van der Waals surface area contributed by atoms with Crippen molar-refractivity contribution in [2.75, 3.05) is 6.61 Å². The van der Waals surface area contributed by atoms with Crippen LogP contribution in [0.25, 0.3) is 0 Å². The van der Waals surface area contributed by atoms with Gasteiger partial charge in [0, 0.05) is 14.6 Å². The smallest absolute Gasteiger partial charge is 0.404 e. The molecule has 0 rings (SSSR count). The van der Waals surface area contributed by atoms with Crippen molar-refractivity contribution in [3.63, 3.8) is 0 Å². The van der Waals surface area contributed by atoms with Crippen LogP contribution in [0.15, 0.2) is 0 Å². The van der Waals surface area contributed by atoms with Crippen LogP contribution in [0.2, 0.25) is 0 Å². The second-order valence-corrected chi connectivity index (χ2v) is 2.33. The van der Waals surface area contributed by atoms with Crippen LogP contribution in [0, 0.1) is 0 Å². The number of nitrogens with one attached hydrogen (secondary N) is 1. The Labute approximate surface area is 78.8 Å². The number of hydrogen-bond donors (Lipinski definition) is 3. The highest BCUT2D eigenvalue weighted by Crippen LogP contribution is 2.15. The number of carboxylic acid groups (broad SMARTS) is 1. The first-order valence-corrected chi connectivity index (χ1v) is 3.14. The van der Waals surface area contributed by atoms with Gasteiger partial charge in [0.1, 0.15) is 5.67 Å². The molecule has 0 aromatic heterocycles. The standard InChI is InChI=1S/C7H14FNO3/c1-7(2,8)3-5(4-10)9-6(11)12/h5,9-10H,3-4H2,1-2H3,(H,11,12)/t5-/m0/s1/i1D3,2D3. The van der Waals surface area contributed by atoms with Gasteiger partial charge in [0.15, 0.2) is 0 Å². The van der Waals surface area contributed by atoms with Crippen molar-refractivity contribution in [2.24, 2.45) is 0 Å². The topological polar surface area (TPSA) is 69.6 Å². The van der Waals surface area contributed by atoms with Crippen molar-refractivity contribution in [3.05, 3.63) is 0 Å². The molecule has 4 nitrogen and oxygen atoms in total. The predicted octanol–water partition coefficient (Wildman–Crippen LogP) is 0.753. The predicted molar refractivity (Wildman–Crippen MR) is 41.8 cm³/mol. The summed E-state index contributed by atoms with van der Waals surface area (Å²) in [4.78, 5) is 10.3. The van der Waals surface area contributed by atoms with Crippen LogP contribution >= 0.6 is 0 Å². The molecule has 0 bridgehead atoms. The number of aliphatic hydroxyl groups is 1. The first-order valence-electron chi connectivity index (χ1n) is 6.14. The minimum absolute atomic E-state index is 0.913. The highest BCUT2D eigenvalue weighted by molar-refractivity contribution is 5.64. The molecule has 0 aromatic rings. The van der Waals surface area contributed by atoms with Crippen molar-refractivity contribution in [2.45, 2.75) is 31.8 Å². The molecule has 0 fully saturated rings. The van der Waals surface area contributed by atoms with Gasteiger partial charge in [-0.15, -0.1) is 0 Å². The first kappa shape index (κ1) is 4.41. The summed E-state index contributed by atoms with van der Waals surface area (Å²) in [7, 11) is 0. The molecule has 0 radical (unpaired) electrons. The fourth-order valence-electron chi connectivity index (χ4n) is 0.675. The highest BCUT2D eigenvalue weighted by Gasteiger charge is 2.22. The van der Waals surface area contributed by atoms with Gasteiger partial charge in [-0.2, -0.15) is 0 Å². The van der Waals surface area contributed by atoms with Crippen molar-refractivity contribution in [1.29, 1.82) is 0 Å². The van der Waals surface area contributed by atoms with Crippen molar-refractivity contribution in [3.8, 4) is 0 Å². The number of hydrogen-bond acceptors (Lipinski definition) is 2. The van der Waals surface area contributed by atoms with Crippen molar-refractivity contribution in [1.82, 2.24) is 5.32 Å². The summed E-state index contributed by atoms with van der Waals surface area (Å²) in [5.41, 5.74) is -3.60. The summed E-state index contributed by atoms with van der Waals surface area (Å²) in [6, 6.07) is -1.52. The van der Waals surface area contributed by atoms with E-state index in [4.69, 9.17) is 18.4 Å². The molecule has 5 heteroatoms. The van der Waals surface area contributed by atoms with Gasteiger partial charge >= 0.3 is 6.09 Å². The first-order chi connectivity index (χ1) is 7.85. The molecule has 0 aliphatic heterocycles. The lowest BCUT2D eigenvalue weighted by atomic mass is 10.0. The van der Waals surface area contributed by atoms with E-state index in [-0.39, 0.29) is 0 Å². The molecular weight excluding hydrogens is 165 g/mol. The van der Waals surface area contributed by atoms with Gasteiger partial charge in [0.2, 0.25) is 0 Å². The molecule has 12 heavy (non-hydrogen) atoms. The number of rotatable bonds is 4. The Morgan fingerprint density at radius 1 is 1.83 bits per heavy atom. The van der Waals surface area contributed by atoms with E-state index in [1.165, 1.54) is 0 Å². The van der Waals surface area contributed by atoms with E-state index in [2.05, 4.69) is 0 Å². The van der Waals surface area contributed by atoms with E-state index >= 15 is 0 Å². The Morgan fingerprint density at radius 3 is 2.75 bits per heavy atom. The third-order valence-electron chi connectivity index (χ3n) is 1.08. The average Bonchev–Trinajstić information content (AvgIpc) is 2.12. The van der Waals surface area contributed by atoms with Crippen LogP contribution in [-0.4, -0.2) is 34.6 Å². The van der Waals surface area contributed by atoms with E-state index in [1.807, 2.05) is 0 Å². The van der Waals surface area contributed by atoms with Crippen LogP contribution in [-0.2, 0) is 0 Å². The number of carbonyl (C=O) groups is 1. The third kappa shape index (κ3) is 5.91. The molecule has 0 saturated heterocycles. The monoisotopic (exact) mass is 185 g/mol. The van der Waals surface area contributed by atoms with Crippen LogP contribution < -0.4 is 5.32 Å². The van der Waals surface area contributed by atoms with Crippen molar-refractivity contribution < 1.29 is 27.6 Å². The Balaban J connectivity index is 5.19. The maximum Gasteiger partial charge on any atom is 0.404 e. The van der Waals surface area contributed by atoms with E-state index < -0.39 is 44.5 Å². The van der Waals surface area contributed by atoms with Gasteiger partial charge in [0.25, 0.3) is 0 Å². The molecule has 0 aliphatic rings. The molecule has 3 N–H and O–H groups in total. The summed E-state index contributed by atoms with van der Waals surface area (Å²) in [5.74, 6) is 0. The summed E-state index contributed by atoms with van der Waals surface area (Å²) in [6.45, 7) is -7.85. The lowest BCUT2D eigenvalue weighted by Gasteiger charge is -2.20. The molecule has 0 spiro atoms. The van der Waals surface area contributed by atoms with Gasteiger partial charge in [-0.05, 0) is 13.7 Å². The Hall–Kier alpha value is -0.840. The second-order valence-electron chi connectivity index (χ2n) is 2.33. The van der Waals surface area contributed by atoms with Gasteiger partial charge in [0.05, 0.1) is 12.6 Å². The zero-order valence-electron chi connectivity index (χ0n) is 12.2. The second kappa shape index (κ2) is 4.25. The molecule has 1 amide bonds. The lowest BCUT2D eigenvalue weighted by molar-refractivity contribution is 0.135. The maximum atomic E-state index is 14.2. The number of aliphatic hydroxyl groups excluding tert-OH is 1. The Bertz CT molecular complexity index is 291. The summed E-state index contributed by atoms with van der Waals surface area (Å²) >= 11 is 0. The number of alkyl halides is 1. The molecule has 72 valence electrons. The van der Waals surface area contributed by atoms with Gasteiger partial charge in [-0.1, -0.05) is 0 Å². The van der Waals surface area contributed by atoms with Crippen LogP contribution in [0.3, 0.4) is 0 Å². The van der Waals surface area contributed by atoms with Crippen LogP contribution in [0.5, 0.6) is 0 Å². The quantitative estimate of drug-likeness (QED) is 0.605. The zero-order chi connectivity index (χ0) is 14.8. The zero-order valence-corrected chi connectivity index (χ0v) is 6.17. The van der Waals surface area contributed by atoms with E-state index in [9.17, 15) is 9.18 Å².